The average Bonchev–Trinajstić information content (AvgIpc) is 2.66. The molecule has 0 bridgehead atoms. The van der Waals surface area contributed by atoms with Crippen LogP contribution >= 0.6 is 12.2 Å². The summed E-state index contributed by atoms with van der Waals surface area (Å²) in [6, 6.07) is 9.32. The molecule has 162 valence electrons. The van der Waals surface area contributed by atoms with E-state index in [0.29, 0.717) is 27.6 Å². The Labute approximate surface area is 185 Å². The van der Waals surface area contributed by atoms with Gasteiger partial charge in [0.05, 0.1) is 11.1 Å². The number of carboxylic acid groups (broad SMARTS) is 2. The summed E-state index contributed by atoms with van der Waals surface area (Å²) >= 11 is 5.18. The highest BCUT2D eigenvalue weighted by Gasteiger charge is 2.13. The molecule has 0 aliphatic rings. The van der Waals surface area contributed by atoms with Gasteiger partial charge in [-0.3, -0.25) is 4.79 Å². The summed E-state index contributed by atoms with van der Waals surface area (Å²) in [6.07, 6.45) is 3.04. The fourth-order valence-electron chi connectivity index (χ4n) is 2.74. The fraction of sp³-hybridized carbons (Fsp3) is 0.182. The van der Waals surface area contributed by atoms with Gasteiger partial charge in [-0.1, -0.05) is 24.3 Å². The second-order valence-corrected chi connectivity index (χ2v) is 7.39. The summed E-state index contributed by atoms with van der Waals surface area (Å²) < 4.78 is 0. The molecule has 0 radical (unpaired) electrons. The Kier molecular flexibility index (Phi) is 7.87. The Morgan fingerprint density at radius 2 is 1.32 bits per heavy atom. The van der Waals surface area contributed by atoms with E-state index >= 15 is 0 Å². The first kappa shape index (κ1) is 23.6. The van der Waals surface area contributed by atoms with Crippen LogP contribution in [0.4, 0.5) is 11.4 Å². The number of carbonyl (C=O) groups excluding carboxylic acids is 1. The van der Waals surface area contributed by atoms with Crippen LogP contribution in [0.2, 0.25) is 0 Å². The quantitative estimate of drug-likeness (QED) is 0.323. The molecule has 31 heavy (non-hydrogen) atoms. The SMILES string of the molecule is CC(=O)Nc1ccc(C=Cc2ccc(NC(=S)NC(C)C)cc2C(=O)O)c(C(=O)O)c1. The number of hydrogen-bond acceptors (Lipinski definition) is 4. The lowest BCUT2D eigenvalue weighted by Gasteiger charge is -2.14. The number of benzene rings is 2. The third-order valence-corrected chi connectivity index (χ3v) is 4.23. The largest absolute Gasteiger partial charge is 0.478 e. The van der Waals surface area contributed by atoms with Crippen molar-refractivity contribution in [2.45, 2.75) is 26.8 Å². The molecule has 0 aliphatic carbocycles. The van der Waals surface area contributed by atoms with E-state index in [0.717, 1.165) is 0 Å². The Morgan fingerprint density at radius 1 is 0.871 bits per heavy atom. The number of nitrogens with one attached hydrogen (secondary N) is 3. The molecule has 0 atom stereocenters. The lowest BCUT2D eigenvalue weighted by atomic mass is 10.0. The first-order chi connectivity index (χ1) is 14.6. The molecule has 2 aromatic carbocycles. The van der Waals surface area contributed by atoms with Gasteiger partial charge in [0.25, 0.3) is 0 Å². The minimum Gasteiger partial charge on any atom is -0.478 e. The number of hydrogen-bond donors (Lipinski definition) is 5. The normalized spacial score (nSPS) is 10.7. The summed E-state index contributed by atoms with van der Waals surface area (Å²) in [6.45, 7) is 5.18. The van der Waals surface area contributed by atoms with Gasteiger partial charge in [0.15, 0.2) is 5.11 Å². The number of anilines is 2. The molecule has 0 saturated carbocycles. The van der Waals surface area contributed by atoms with Crippen molar-refractivity contribution in [2.24, 2.45) is 0 Å². The highest BCUT2D eigenvalue weighted by molar-refractivity contribution is 7.80. The molecule has 2 rings (SSSR count). The minimum atomic E-state index is -1.17. The van der Waals surface area contributed by atoms with Crippen molar-refractivity contribution in [3.05, 3.63) is 58.7 Å². The van der Waals surface area contributed by atoms with E-state index in [2.05, 4.69) is 16.0 Å². The first-order valence-electron chi connectivity index (χ1n) is 9.34. The number of aromatic carboxylic acids is 2. The van der Waals surface area contributed by atoms with Gasteiger partial charge in [-0.2, -0.15) is 0 Å². The van der Waals surface area contributed by atoms with Crippen LogP contribution in [0.1, 0.15) is 52.6 Å². The number of rotatable bonds is 7. The van der Waals surface area contributed by atoms with E-state index in [1.807, 2.05) is 13.8 Å². The Bertz CT molecular complexity index is 1060. The molecule has 1 amide bonds. The van der Waals surface area contributed by atoms with Crippen LogP contribution in [0, 0.1) is 0 Å². The van der Waals surface area contributed by atoms with Crippen LogP contribution in [0.15, 0.2) is 36.4 Å². The molecule has 9 heteroatoms. The summed E-state index contributed by atoms with van der Waals surface area (Å²) in [7, 11) is 0. The molecule has 0 aliphatic heterocycles. The predicted molar refractivity (Wildman–Crippen MR) is 125 cm³/mol. The van der Waals surface area contributed by atoms with Crippen molar-refractivity contribution < 1.29 is 24.6 Å². The fourth-order valence-corrected chi connectivity index (χ4v) is 3.09. The van der Waals surface area contributed by atoms with Crippen molar-refractivity contribution in [3.63, 3.8) is 0 Å². The standard InChI is InChI=1S/C22H23N3O5S/c1-12(2)23-22(31)25-17-9-7-15(19(11-17)21(29)30)5-4-14-6-8-16(24-13(3)26)10-18(14)20(27)28/h4-12H,1-3H3,(H,24,26)(H,27,28)(H,29,30)(H2,23,25,31). The van der Waals surface area contributed by atoms with Crippen molar-refractivity contribution in [2.75, 3.05) is 10.6 Å². The highest BCUT2D eigenvalue weighted by atomic mass is 32.1. The highest BCUT2D eigenvalue weighted by Crippen LogP contribution is 2.22. The first-order valence-corrected chi connectivity index (χ1v) is 9.75. The molecule has 0 aromatic heterocycles. The zero-order valence-electron chi connectivity index (χ0n) is 17.2. The van der Waals surface area contributed by atoms with E-state index in [9.17, 15) is 24.6 Å². The van der Waals surface area contributed by atoms with Crippen LogP contribution in [0.25, 0.3) is 12.2 Å². The van der Waals surface area contributed by atoms with Gasteiger partial charge in [0.2, 0.25) is 5.91 Å². The molecule has 5 N–H and O–H groups in total. The maximum atomic E-state index is 11.7. The topological polar surface area (TPSA) is 128 Å². The second-order valence-electron chi connectivity index (χ2n) is 6.98. The molecule has 2 aromatic rings. The Balaban J connectivity index is 2.35. The number of carboxylic acids is 2. The predicted octanol–water partition coefficient (Wildman–Crippen LogP) is 3.91. The van der Waals surface area contributed by atoms with E-state index in [-0.39, 0.29) is 23.1 Å². The van der Waals surface area contributed by atoms with Gasteiger partial charge in [-0.15, -0.1) is 0 Å². The molecule has 8 nitrogen and oxygen atoms in total. The third kappa shape index (κ3) is 6.93. The van der Waals surface area contributed by atoms with Gasteiger partial charge >= 0.3 is 11.9 Å². The van der Waals surface area contributed by atoms with Crippen LogP contribution in [0.5, 0.6) is 0 Å². The number of amides is 1. The Morgan fingerprint density at radius 3 is 1.71 bits per heavy atom. The van der Waals surface area contributed by atoms with Crippen LogP contribution in [-0.2, 0) is 4.79 Å². The van der Waals surface area contributed by atoms with E-state index in [4.69, 9.17) is 12.2 Å². The van der Waals surface area contributed by atoms with E-state index < -0.39 is 11.9 Å². The summed E-state index contributed by atoms with van der Waals surface area (Å²) in [5.41, 5.74) is 1.63. The van der Waals surface area contributed by atoms with Crippen molar-refractivity contribution in [1.29, 1.82) is 0 Å². The van der Waals surface area contributed by atoms with Crippen molar-refractivity contribution >= 4 is 58.7 Å². The maximum Gasteiger partial charge on any atom is 0.336 e. The van der Waals surface area contributed by atoms with Gasteiger partial charge < -0.3 is 26.2 Å². The summed E-state index contributed by atoms with van der Waals surface area (Å²) in [4.78, 5) is 34.5. The average molecular weight is 442 g/mol. The minimum absolute atomic E-state index is 0.0252. The monoisotopic (exact) mass is 441 g/mol. The second kappa shape index (κ2) is 10.4. The van der Waals surface area contributed by atoms with Crippen LogP contribution in [0.3, 0.4) is 0 Å². The molecule has 0 unspecified atom stereocenters. The molecule has 0 saturated heterocycles. The van der Waals surface area contributed by atoms with Crippen LogP contribution < -0.4 is 16.0 Å². The van der Waals surface area contributed by atoms with E-state index in [1.54, 1.807) is 18.2 Å². The molecular weight excluding hydrogens is 418 g/mol. The zero-order chi connectivity index (χ0) is 23.1. The smallest absolute Gasteiger partial charge is 0.336 e. The van der Waals surface area contributed by atoms with Gasteiger partial charge in [0.1, 0.15) is 0 Å². The maximum absolute atomic E-state index is 11.7. The van der Waals surface area contributed by atoms with E-state index in [1.165, 1.54) is 37.3 Å². The zero-order valence-corrected chi connectivity index (χ0v) is 18.0. The van der Waals surface area contributed by atoms with Gasteiger partial charge in [-0.05, 0) is 61.5 Å². The molecular formula is C22H23N3O5S. The lowest BCUT2D eigenvalue weighted by Crippen LogP contribution is -2.33. The summed E-state index contributed by atoms with van der Waals surface area (Å²) in [5, 5.41) is 27.9. The van der Waals surface area contributed by atoms with Gasteiger partial charge in [0, 0.05) is 24.3 Å². The van der Waals surface area contributed by atoms with Crippen molar-refractivity contribution in [1.82, 2.24) is 5.32 Å². The lowest BCUT2D eigenvalue weighted by molar-refractivity contribution is -0.114. The number of carbonyl (C=O) groups is 3. The molecule has 0 fully saturated rings. The van der Waals surface area contributed by atoms with Crippen molar-refractivity contribution in [3.8, 4) is 0 Å². The number of thiocarbonyl (C=S) groups is 1. The third-order valence-electron chi connectivity index (χ3n) is 4.01. The molecule has 0 spiro atoms. The molecule has 0 heterocycles. The Hall–Kier alpha value is -3.72. The van der Waals surface area contributed by atoms with Crippen LogP contribution in [-0.4, -0.2) is 39.2 Å². The van der Waals surface area contributed by atoms with Gasteiger partial charge in [-0.25, -0.2) is 9.59 Å². The summed E-state index contributed by atoms with van der Waals surface area (Å²) in [5.74, 6) is -2.62.